The van der Waals surface area contributed by atoms with Gasteiger partial charge < -0.3 is 4.90 Å². The first-order chi connectivity index (χ1) is 27.7. The molecule has 0 heterocycles. The lowest BCUT2D eigenvalue weighted by Crippen LogP contribution is -2.11. The van der Waals surface area contributed by atoms with E-state index >= 15 is 0 Å². The quantitative estimate of drug-likeness (QED) is 0.120. The molecule has 0 atom stereocenters. The van der Waals surface area contributed by atoms with E-state index < -0.39 is 0 Å². The Morgan fingerprint density at radius 2 is 0.807 bits per heavy atom. The first kappa shape index (κ1) is 38.6. The molecule has 0 saturated carbocycles. The molecule has 0 bridgehead atoms. The van der Waals surface area contributed by atoms with E-state index in [-0.39, 0.29) is 0 Å². The summed E-state index contributed by atoms with van der Waals surface area (Å²) in [6.07, 6.45) is 13.2. The zero-order valence-electron chi connectivity index (χ0n) is 34.0. The molecule has 7 aromatic rings. The van der Waals surface area contributed by atoms with Crippen molar-refractivity contribution < 1.29 is 0 Å². The van der Waals surface area contributed by atoms with Crippen LogP contribution >= 0.6 is 0 Å². The third kappa shape index (κ3) is 9.40. The van der Waals surface area contributed by atoms with Crippen LogP contribution in [0.4, 0.5) is 17.1 Å². The molecule has 0 fully saturated rings. The summed E-state index contributed by atoms with van der Waals surface area (Å²) in [4.78, 5) is 2.36. The van der Waals surface area contributed by atoms with Crippen LogP contribution in [0, 0.1) is 41.5 Å². The van der Waals surface area contributed by atoms with Gasteiger partial charge in [-0.2, -0.15) is 0 Å². The average Bonchev–Trinajstić information content (AvgIpc) is 3.23. The van der Waals surface area contributed by atoms with Gasteiger partial charge in [-0.3, -0.25) is 0 Å². The first-order valence-corrected chi connectivity index (χ1v) is 19.8. The summed E-state index contributed by atoms with van der Waals surface area (Å²) in [7, 11) is 0. The molecule has 1 nitrogen and oxygen atoms in total. The molecular weight excluding hydrogens is 687 g/mol. The number of benzene rings is 7. The molecule has 0 aromatic heterocycles. The summed E-state index contributed by atoms with van der Waals surface area (Å²) >= 11 is 0. The van der Waals surface area contributed by atoms with Gasteiger partial charge in [-0.15, -0.1) is 0 Å². The van der Waals surface area contributed by atoms with Crippen LogP contribution in [-0.2, 0) is 0 Å². The minimum absolute atomic E-state index is 1.11. The number of nitrogens with zero attached hydrogens (tertiary/aromatic N) is 1. The monoisotopic (exact) mass is 737 g/mol. The maximum atomic E-state index is 2.36. The normalized spacial score (nSPS) is 12.1. The number of anilines is 3. The van der Waals surface area contributed by atoms with Gasteiger partial charge >= 0.3 is 0 Å². The van der Waals surface area contributed by atoms with Crippen LogP contribution in [0.1, 0.15) is 66.8 Å². The SMILES string of the molecule is Cc1ccc(N(c2ccc(C=CC=C(c3ccccc3)c3ccc(C)c(C)c3)cc2)c2ccc(C=CC=C(c3ccccc3)c3ccc(C)c(C)c3)cc2)c(C)c1. The van der Waals surface area contributed by atoms with Crippen LogP contribution in [0.15, 0.2) is 188 Å². The predicted octanol–water partition coefficient (Wildman–Crippen LogP) is 15.3. The fourth-order valence-corrected chi connectivity index (χ4v) is 7.23. The summed E-state index contributed by atoms with van der Waals surface area (Å²) in [6, 6.07) is 59.1. The van der Waals surface area contributed by atoms with Crippen molar-refractivity contribution in [2.75, 3.05) is 4.90 Å². The Kier molecular flexibility index (Phi) is 12.1. The van der Waals surface area contributed by atoms with Gasteiger partial charge in [-0.05, 0) is 144 Å². The highest BCUT2D eigenvalue weighted by Gasteiger charge is 2.15. The van der Waals surface area contributed by atoms with E-state index in [1.165, 1.54) is 72.5 Å². The highest BCUT2D eigenvalue weighted by Crippen LogP contribution is 2.37. The first-order valence-electron chi connectivity index (χ1n) is 19.8. The zero-order chi connectivity index (χ0) is 39.7. The number of hydrogen-bond acceptors (Lipinski definition) is 1. The van der Waals surface area contributed by atoms with Crippen LogP contribution in [0.5, 0.6) is 0 Å². The summed E-state index contributed by atoms with van der Waals surface area (Å²) in [5.74, 6) is 0. The number of allylic oxidation sites excluding steroid dienone is 4. The second-order valence-electron chi connectivity index (χ2n) is 15.0. The molecule has 0 N–H and O–H groups in total. The van der Waals surface area contributed by atoms with Crippen LogP contribution in [0.2, 0.25) is 0 Å². The molecule has 7 rings (SSSR count). The molecule has 0 amide bonds. The van der Waals surface area contributed by atoms with E-state index in [4.69, 9.17) is 0 Å². The van der Waals surface area contributed by atoms with Gasteiger partial charge in [0.15, 0.2) is 0 Å². The summed E-state index contributed by atoms with van der Waals surface area (Å²) in [6.45, 7) is 13.0. The third-order valence-electron chi connectivity index (χ3n) is 10.8. The van der Waals surface area contributed by atoms with Gasteiger partial charge in [0.05, 0.1) is 0 Å². The predicted molar refractivity (Wildman–Crippen MR) is 248 cm³/mol. The minimum atomic E-state index is 1.11. The Hall–Kier alpha value is -6.70. The van der Waals surface area contributed by atoms with Crippen molar-refractivity contribution in [1.82, 2.24) is 0 Å². The van der Waals surface area contributed by atoms with Crippen molar-refractivity contribution in [3.05, 3.63) is 255 Å². The third-order valence-corrected chi connectivity index (χ3v) is 10.8. The second-order valence-corrected chi connectivity index (χ2v) is 15.0. The molecule has 0 saturated heterocycles. The van der Waals surface area contributed by atoms with E-state index in [1.54, 1.807) is 0 Å². The molecule has 280 valence electrons. The Labute approximate surface area is 340 Å². The molecule has 0 radical (unpaired) electrons. The van der Waals surface area contributed by atoms with Gasteiger partial charge in [0.25, 0.3) is 0 Å². The molecule has 57 heavy (non-hydrogen) atoms. The van der Waals surface area contributed by atoms with Crippen LogP contribution in [0.25, 0.3) is 23.3 Å². The topological polar surface area (TPSA) is 3.24 Å². The van der Waals surface area contributed by atoms with Crippen LogP contribution in [-0.4, -0.2) is 0 Å². The van der Waals surface area contributed by atoms with E-state index in [1.807, 2.05) is 0 Å². The van der Waals surface area contributed by atoms with Crippen molar-refractivity contribution in [2.24, 2.45) is 0 Å². The molecule has 7 aromatic carbocycles. The Bertz CT molecular complexity index is 2420. The van der Waals surface area contributed by atoms with Gasteiger partial charge in [-0.25, -0.2) is 0 Å². The van der Waals surface area contributed by atoms with E-state index in [2.05, 4.69) is 247 Å². The Balaban J connectivity index is 1.16. The van der Waals surface area contributed by atoms with Crippen molar-refractivity contribution in [1.29, 1.82) is 0 Å². The largest absolute Gasteiger partial charge is 0.310 e. The zero-order valence-corrected chi connectivity index (χ0v) is 34.0. The number of aryl methyl sites for hydroxylation is 6. The summed E-state index contributed by atoms with van der Waals surface area (Å²) < 4.78 is 0. The van der Waals surface area contributed by atoms with Crippen LogP contribution < -0.4 is 4.90 Å². The minimum Gasteiger partial charge on any atom is -0.310 e. The van der Waals surface area contributed by atoms with Crippen LogP contribution in [0.3, 0.4) is 0 Å². The molecular formula is C56H51N. The Morgan fingerprint density at radius 3 is 1.21 bits per heavy atom. The standard InChI is InChI=1S/C56H51N/c1-40-23-36-56(45(6)37-40)57(52-32-26-46(27-33-52)15-13-21-54(48-17-9-7-10-18-48)50-30-24-41(2)43(4)38-50)53-34-28-47(29-35-53)16-14-22-55(49-19-11-8-12-20-49)51-31-25-42(3)44(5)39-51/h7-39H,1-6H3. The number of hydrogen-bond donors (Lipinski definition) is 0. The second kappa shape index (κ2) is 17.8. The molecule has 0 unspecified atom stereocenters. The molecule has 0 aliphatic carbocycles. The lowest BCUT2D eigenvalue weighted by molar-refractivity contribution is 1.24. The summed E-state index contributed by atoms with van der Waals surface area (Å²) in [5.41, 5.74) is 20.7. The highest BCUT2D eigenvalue weighted by atomic mass is 15.1. The van der Waals surface area contributed by atoms with Crippen molar-refractivity contribution in [3.63, 3.8) is 0 Å². The van der Waals surface area contributed by atoms with Gasteiger partial charge in [-0.1, -0.05) is 175 Å². The molecule has 0 aliphatic rings. The average molecular weight is 738 g/mol. The van der Waals surface area contributed by atoms with Crippen molar-refractivity contribution in [3.8, 4) is 0 Å². The maximum absolute atomic E-state index is 2.36. The lowest BCUT2D eigenvalue weighted by atomic mass is 9.94. The van der Waals surface area contributed by atoms with Gasteiger partial charge in [0.2, 0.25) is 0 Å². The molecule has 0 aliphatic heterocycles. The van der Waals surface area contributed by atoms with Gasteiger partial charge in [0.1, 0.15) is 0 Å². The van der Waals surface area contributed by atoms with E-state index in [0.717, 1.165) is 22.5 Å². The van der Waals surface area contributed by atoms with Crippen molar-refractivity contribution in [2.45, 2.75) is 41.5 Å². The van der Waals surface area contributed by atoms with Gasteiger partial charge in [0, 0.05) is 17.1 Å². The fourth-order valence-electron chi connectivity index (χ4n) is 7.23. The summed E-state index contributed by atoms with van der Waals surface area (Å²) in [5, 5.41) is 0. The molecule has 0 spiro atoms. The Morgan fingerprint density at radius 1 is 0.368 bits per heavy atom. The van der Waals surface area contributed by atoms with E-state index in [9.17, 15) is 0 Å². The lowest BCUT2D eigenvalue weighted by Gasteiger charge is -2.27. The van der Waals surface area contributed by atoms with Crippen molar-refractivity contribution >= 4 is 40.4 Å². The molecule has 1 heteroatoms. The highest BCUT2D eigenvalue weighted by molar-refractivity contribution is 5.84. The van der Waals surface area contributed by atoms with E-state index in [0.29, 0.717) is 0 Å². The smallest absolute Gasteiger partial charge is 0.0490 e. The number of rotatable bonds is 11. The fraction of sp³-hybridized carbons (Fsp3) is 0.107. The maximum Gasteiger partial charge on any atom is 0.0490 e.